The van der Waals surface area contributed by atoms with E-state index in [1.165, 1.54) is 19.4 Å². The smallest absolute Gasteiger partial charge is 0.133 e. The van der Waals surface area contributed by atoms with Crippen molar-refractivity contribution in [3.8, 4) is 0 Å². The highest BCUT2D eigenvalue weighted by atomic mass is 79.9. The van der Waals surface area contributed by atoms with E-state index in [0.717, 1.165) is 18.8 Å². The van der Waals surface area contributed by atoms with Crippen LogP contribution in [0.15, 0.2) is 52.4 Å². The summed E-state index contributed by atoms with van der Waals surface area (Å²) in [4.78, 5) is 5.80. The van der Waals surface area contributed by atoms with Gasteiger partial charge in [-0.15, -0.1) is 11.3 Å². The van der Waals surface area contributed by atoms with Crippen molar-refractivity contribution in [3.05, 3.63) is 57.3 Å². The largest absolute Gasteiger partial charge is 0.369 e. The topological polar surface area (TPSA) is 24.9 Å². The second-order valence-corrected chi connectivity index (χ2v) is 6.81. The molecule has 0 spiro atoms. The van der Waals surface area contributed by atoms with E-state index in [4.69, 9.17) is 0 Å². The Morgan fingerprint density at radius 3 is 2.84 bits per heavy atom. The highest BCUT2D eigenvalue weighted by Crippen LogP contribution is 2.23. The zero-order valence-electron chi connectivity index (χ0n) is 10.3. The standard InChI is InChI=1S/C15H13BrN2S/c16-14-6-5-12(19-14)8-10-18-15-13-4-2-1-3-11(13)7-9-17-15/h1-7,9H,8,10H2,(H,17,18). The monoisotopic (exact) mass is 332 g/mol. The van der Waals surface area contributed by atoms with Crippen LogP contribution in [0.1, 0.15) is 4.88 Å². The van der Waals surface area contributed by atoms with Gasteiger partial charge in [0.05, 0.1) is 3.79 Å². The van der Waals surface area contributed by atoms with Gasteiger partial charge in [-0.2, -0.15) is 0 Å². The Bertz CT molecular complexity index is 688. The first-order chi connectivity index (χ1) is 9.33. The molecule has 0 fully saturated rings. The lowest BCUT2D eigenvalue weighted by Gasteiger charge is -2.07. The Balaban J connectivity index is 1.71. The van der Waals surface area contributed by atoms with Crippen molar-refractivity contribution in [2.45, 2.75) is 6.42 Å². The summed E-state index contributed by atoms with van der Waals surface area (Å²) in [6.07, 6.45) is 2.87. The lowest BCUT2D eigenvalue weighted by Crippen LogP contribution is -2.05. The summed E-state index contributed by atoms with van der Waals surface area (Å²) >= 11 is 5.27. The molecule has 19 heavy (non-hydrogen) atoms. The Morgan fingerprint density at radius 1 is 1.11 bits per heavy atom. The van der Waals surface area contributed by atoms with Crippen LogP contribution in [0.5, 0.6) is 0 Å². The van der Waals surface area contributed by atoms with Crippen molar-refractivity contribution in [1.29, 1.82) is 0 Å². The predicted molar refractivity (Wildman–Crippen MR) is 86.0 cm³/mol. The fourth-order valence-electron chi connectivity index (χ4n) is 2.05. The number of anilines is 1. The van der Waals surface area contributed by atoms with E-state index >= 15 is 0 Å². The molecule has 0 unspecified atom stereocenters. The van der Waals surface area contributed by atoms with E-state index in [1.54, 1.807) is 11.3 Å². The molecule has 96 valence electrons. The molecule has 1 N–H and O–H groups in total. The van der Waals surface area contributed by atoms with Gasteiger partial charge in [0.1, 0.15) is 5.82 Å². The minimum Gasteiger partial charge on any atom is -0.369 e. The van der Waals surface area contributed by atoms with Crippen molar-refractivity contribution in [3.63, 3.8) is 0 Å². The number of nitrogens with one attached hydrogen (secondary N) is 1. The molecule has 2 heterocycles. The van der Waals surface area contributed by atoms with Gasteiger partial charge < -0.3 is 5.32 Å². The molecule has 2 nitrogen and oxygen atoms in total. The van der Waals surface area contributed by atoms with Gasteiger partial charge in [-0.25, -0.2) is 4.98 Å². The number of nitrogens with zero attached hydrogens (tertiary/aromatic N) is 1. The zero-order valence-corrected chi connectivity index (χ0v) is 12.7. The van der Waals surface area contributed by atoms with E-state index < -0.39 is 0 Å². The minimum atomic E-state index is 0.897. The van der Waals surface area contributed by atoms with Gasteiger partial charge >= 0.3 is 0 Å². The lowest BCUT2D eigenvalue weighted by atomic mass is 10.1. The summed E-state index contributed by atoms with van der Waals surface area (Å²) in [6, 6.07) is 14.6. The Morgan fingerprint density at radius 2 is 2.00 bits per heavy atom. The fraction of sp³-hybridized carbons (Fsp3) is 0.133. The molecule has 0 aliphatic rings. The first-order valence-electron chi connectivity index (χ1n) is 6.15. The number of pyridine rings is 1. The van der Waals surface area contributed by atoms with Gasteiger partial charge in [0.15, 0.2) is 0 Å². The highest BCUT2D eigenvalue weighted by Gasteiger charge is 2.02. The number of hydrogen-bond donors (Lipinski definition) is 1. The fourth-order valence-corrected chi connectivity index (χ4v) is 3.53. The minimum absolute atomic E-state index is 0.897. The number of rotatable bonds is 4. The van der Waals surface area contributed by atoms with Crippen LogP contribution in [0.3, 0.4) is 0 Å². The van der Waals surface area contributed by atoms with Crippen LogP contribution >= 0.6 is 27.3 Å². The maximum Gasteiger partial charge on any atom is 0.133 e. The van der Waals surface area contributed by atoms with Crippen LogP contribution in [0.4, 0.5) is 5.82 Å². The van der Waals surface area contributed by atoms with Gasteiger partial charge in [0, 0.05) is 23.0 Å². The highest BCUT2D eigenvalue weighted by molar-refractivity contribution is 9.11. The summed E-state index contributed by atoms with van der Waals surface area (Å²) in [5.74, 6) is 0.966. The molecule has 0 saturated heterocycles. The van der Waals surface area contributed by atoms with E-state index in [1.807, 2.05) is 18.3 Å². The van der Waals surface area contributed by atoms with E-state index in [2.05, 4.69) is 56.6 Å². The molecule has 3 rings (SSSR count). The summed E-state index contributed by atoms with van der Waals surface area (Å²) in [5, 5.41) is 5.82. The van der Waals surface area contributed by atoms with Gasteiger partial charge in [-0.05, 0) is 45.9 Å². The molecular weight excluding hydrogens is 320 g/mol. The number of aromatic nitrogens is 1. The summed E-state index contributed by atoms with van der Waals surface area (Å²) in [7, 11) is 0. The van der Waals surface area contributed by atoms with Crippen molar-refractivity contribution in [2.24, 2.45) is 0 Å². The van der Waals surface area contributed by atoms with Crippen LogP contribution in [-0.2, 0) is 6.42 Å². The predicted octanol–water partition coefficient (Wildman–Crippen LogP) is 4.71. The molecule has 0 aliphatic carbocycles. The second-order valence-electron chi connectivity index (χ2n) is 4.26. The van der Waals surface area contributed by atoms with Gasteiger partial charge in [0.25, 0.3) is 0 Å². The van der Waals surface area contributed by atoms with Crippen molar-refractivity contribution < 1.29 is 0 Å². The van der Waals surface area contributed by atoms with E-state index in [-0.39, 0.29) is 0 Å². The van der Waals surface area contributed by atoms with Crippen LogP contribution < -0.4 is 5.32 Å². The third-order valence-corrected chi connectivity index (χ3v) is 4.65. The number of halogens is 1. The SMILES string of the molecule is Brc1ccc(CCNc2nccc3ccccc23)s1. The Kier molecular flexibility index (Phi) is 3.80. The number of benzene rings is 1. The van der Waals surface area contributed by atoms with Crippen LogP contribution in [0, 0.1) is 0 Å². The maximum atomic E-state index is 4.43. The summed E-state index contributed by atoms with van der Waals surface area (Å²) < 4.78 is 1.19. The van der Waals surface area contributed by atoms with Gasteiger partial charge in [0.2, 0.25) is 0 Å². The van der Waals surface area contributed by atoms with Crippen LogP contribution in [0.25, 0.3) is 10.8 Å². The van der Waals surface area contributed by atoms with Crippen LogP contribution in [0.2, 0.25) is 0 Å². The molecule has 0 bridgehead atoms. The second kappa shape index (κ2) is 5.72. The third-order valence-electron chi connectivity index (χ3n) is 2.97. The average molecular weight is 333 g/mol. The molecule has 4 heteroatoms. The molecule has 0 saturated carbocycles. The number of thiophene rings is 1. The number of hydrogen-bond acceptors (Lipinski definition) is 3. The molecule has 0 aliphatic heterocycles. The molecule has 0 radical (unpaired) electrons. The van der Waals surface area contributed by atoms with Crippen molar-refractivity contribution >= 4 is 43.9 Å². The van der Waals surface area contributed by atoms with E-state index in [0.29, 0.717) is 0 Å². The quantitative estimate of drug-likeness (QED) is 0.748. The molecule has 2 aromatic heterocycles. The molecule has 1 aromatic carbocycles. The summed E-state index contributed by atoms with van der Waals surface area (Å²) in [6.45, 7) is 0.897. The normalized spacial score (nSPS) is 10.8. The molecule has 0 atom stereocenters. The van der Waals surface area contributed by atoms with Crippen LogP contribution in [-0.4, -0.2) is 11.5 Å². The van der Waals surface area contributed by atoms with E-state index in [9.17, 15) is 0 Å². The Labute approximate surface area is 124 Å². The third kappa shape index (κ3) is 2.96. The van der Waals surface area contributed by atoms with Gasteiger partial charge in [-0.1, -0.05) is 24.3 Å². The first-order valence-corrected chi connectivity index (χ1v) is 7.76. The van der Waals surface area contributed by atoms with Crippen molar-refractivity contribution in [1.82, 2.24) is 4.98 Å². The average Bonchev–Trinajstić information content (AvgIpc) is 2.85. The Hall–Kier alpha value is -1.39. The molecule has 3 aromatic rings. The summed E-state index contributed by atoms with van der Waals surface area (Å²) in [5.41, 5.74) is 0. The van der Waals surface area contributed by atoms with Gasteiger partial charge in [-0.3, -0.25) is 0 Å². The first kappa shape index (κ1) is 12.6. The maximum absolute atomic E-state index is 4.43. The molecular formula is C15H13BrN2S. The molecule has 0 amide bonds. The van der Waals surface area contributed by atoms with Crippen molar-refractivity contribution in [2.75, 3.05) is 11.9 Å². The lowest BCUT2D eigenvalue weighted by molar-refractivity contribution is 1.03. The zero-order chi connectivity index (χ0) is 13.1. The number of fused-ring (bicyclic) bond motifs is 1.